The Bertz CT molecular complexity index is 841. The number of anilines is 3. The molecule has 0 amide bonds. The first kappa shape index (κ1) is 16.1. The lowest BCUT2D eigenvalue weighted by molar-refractivity contribution is 0.103. The molecule has 2 aromatic heterocycles. The molecule has 0 spiro atoms. The van der Waals surface area contributed by atoms with Crippen molar-refractivity contribution in [3.63, 3.8) is 0 Å². The van der Waals surface area contributed by atoms with Gasteiger partial charge >= 0.3 is 0 Å². The zero-order valence-electron chi connectivity index (χ0n) is 13.8. The van der Waals surface area contributed by atoms with Crippen LogP contribution in [-0.4, -0.2) is 29.8 Å². The van der Waals surface area contributed by atoms with Gasteiger partial charge in [-0.3, -0.25) is 9.78 Å². The quantitative estimate of drug-likeness (QED) is 0.715. The lowest BCUT2D eigenvalue weighted by atomic mass is 10.2. The smallest absolute Gasteiger partial charge is 0.225 e. The average molecular weight is 338 g/mol. The van der Waals surface area contributed by atoms with Crippen molar-refractivity contribution in [2.75, 3.05) is 24.3 Å². The number of rotatable bonds is 5. The zero-order chi connectivity index (χ0) is 17.1. The minimum absolute atomic E-state index is 0.117. The zero-order valence-corrected chi connectivity index (χ0v) is 14.6. The summed E-state index contributed by atoms with van der Waals surface area (Å²) in [7, 11) is 3.75. The molecule has 0 atom stereocenters. The number of pyridine rings is 1. The fraction of sp³-hybridized carbons (Fsp3) is 0.167. The number of thiazole rings is 1. The van der Waals surface area contributed by atoms with Crippen LogP contribution in [0.25, 0.3) is 0 Å². The Morgan fingerprint density at radius 2 is 1.88 bits per heavy atom. The number of aryl methyl sites for hydroxylation is 1. The van der Waals surface area contributed by atoms with Crippen LogP contribution in [0.15, 0.2) is 48.7 Å². The minimum Gasteiger partial charge on any atom is -0.361 e. The van der Waals surface area contributed by atoms with Crippen LogP contribution in [0, 0.1) is 6.92 Å². The molecule has 3 aromatic rings. The van der Waals surface area contributed by atoms with Gasteiger partial charge < -0.3 is 10.2 Å². The average Bonchev–Trinajstić information content (AvgIpc) is 3.01. The molecule has 122 valence electrons. The van der Waals surface area contributed by atoms with Crippen LogP contribution in [0.1, 0.15) is 20.9 Å². The van der Waals surface area contributed by atoms with E-state index in [0.29, 0.717) is 21.5 Å². The van der Waals surface area contributed by atoms with Gasteiger partial charge in [-0.25, -0.2) is 4.98 Å². The fourth-order valence-corrected chi connectivity index (χ4v) is 3.20. The Morgan fingerprint density at radius 3 is 2.50 bits per heavy atom. The van der Waals surface area contributed by atoms with Gasteiger partial charge in [0.05, 0.1) is 0 Å². The predicted octanol–water partition coefficient (Wildman–Crippen LogP) is 3.89. The first-order valence-corrected chi connectivity index (χ1v) is 8.34. The van der Waals surface area contributed by atoms with Gasteiger partial charge in [0, 0.05) is 26.0 Å². The summed E-state index contributed by atoms with van der Waals surface area (Å²) in [6, 6.07) is 13.4. The first-order valence-electron chi connectivity index (χ1n) is 7.52. The number of hydrogen-bond donors (Lipinski definition) is 1. The van der Waals surface area contributed by atoms with Crippen molar-refractivity contribution in [1.29, 1.82) is 0 Å². The molecule has 1 N–H and O–H groups in total. The third-order valence-corrected chi connectivity index (χ3v) is 4.40. The molecule has 0 aliphatic carbocycles. The largest absolute Gasteiger partial charge is 0.361 e. The molecule has 1 aromatic carbocycles. The summed E-state index contributed by atoms with van der Waals surface area (Å²) in [5.74, 6) is 0.527. The van der Waals surface area contributed by atoms with Crippen molar-refractivity contribution in [2.45, 2.75) is 6.92 Å². The van der Waals surface area contributed by atoms with Crippen molar-refractivity contribution >= 4 is 33.8 Å². The van der Waals surface area contributed by atoms with Crippen LogP contribution >= 0.6 is 11.3 Å². The second-order valence-corrected chi connectivity index (χ2v) is 6.60. The van der Waals surface area contributed by atoms with E-state index in [4.69, 9.17) is 0 Å². The van der Waals surface area contributed by atoms with E-state index in [-0.39, 0.29) is 5.78 Å². The van der Waals surface area contributed by atoms with E-state index in [1.165, 1.54) is 16.9 Å². The molecule has 0 fully saturated rings. The van der Waals surface area contributed by atoms with Crippen LogP contribution in [-0.2, 0) is 0 Å². The molecule has 0 aliphatic rings. The minimum atomic E-state index is -0.117. The fourth-order valence-electron chi connectivity index (χ4n) is 2.19. The molecule has 3 rings (SSSR count). The molecule has 0 saturated carbocycles. The summed E-state index contributed by atoms with van der Waals surface area (Å²) in [4.78, 5) is 23.9. The summed E-state index contributed by atoms with van der Waals surface area (Å²) in [6.45, 7) is 2.04. The van der Waals surface area contributed by atoms with Gasteiger partial charge in [-0.2, -0.15) is 0 Å². The van der Waals surface area contributed by atoms with Crippen molar-refractivity contribution < 1.29 is 4.79 Å². The summed E-state index contributed by atoms with van der Waals surface area (Å²) in [6.07, 6.45) is 1.62. The summed E-state index contributed by atoms with van der Waals surface area (Å²) in [5, 5.41) is 3.94. The number of nitrogens with one attached hydrogen (secondary N) is 1. The first-order chi connectivity index (χ1) is 11.5. The molecular formula is C18H18N4OS. The van der Waals surface area contributed by atoms with E-state index in [9.17, 15) is 4.79 Å². The molecule has 2 heterocycles. The Hall–Kier alpha value is -2.73. The van der Waals surface area contributed by atoms with E-state index < -0.39 is 0 Å². The molecule has 0 saturated heterocycles. The molecule has 0 radical (unpaired) electrons. The van der Waals surface area contributed by atoms with E-state index in [1.807, 2.05) is 56.3 Å². The maximum atomic E-state index is 12.7. The molecule has 6 heteroatoms. The maximum absolute atomic E-state index is 12.7. The van der Waals surface area contributed by atoms with E-state index in [2.05, 4.69) is 15.3 Å². The highest BCUT2D eigenvalue weighted by Gasteiger charge is 2.21. The predicted molar refractivity (Wildman–Crippen MR) is 98.6 cm³/mol. The monoisotopic (exact) mass is 338 g/mol. The van der Waals surface area contributed by atoms with Crippen molar-refractivity contribution in [2.24, 2.45) is 0 Å². The van der Waals surface area contributed by atoms with Crippen LogP contribution < -0.4 is 10.2 Å². The molecular weight excluding hydrogens is 320 g/mol. The Labute approximate surface area is 145 Å². The van der Waals surface area contributed by atoms with Crippen molar-refractivity contribution in [1.82, 2.24) is 9.97 Å². The summed E-state index contributed by atoms with van der Waals surface area (Å²) in [5.41, 5.74) is 2.56. The molecule has 0 aliphatic heterocycles. The number of carbonyl (C=O) groups excluding carboxylic acids is 1. The lowest BCUT2D eigenvalue weighted by Crippen LogP contribution is -2.14. The number of benzene rings is 1. The normalized spacial score (nSPS) is 10.5. The van der Waals surface area contributed by atoms with Gasteiger partial charge in [-0.05, 0) is 31.2 Å². The SMILES string of the molecule is Cc1ccc(Nc2nc(N(C)C)c(C(=O)c3ccccn3)s2)cc1. The molecule has 5 nitrogen and oxygen atoms in total. The highest BCUT2D eigenvalue weighted by Crippen LogP contribution is 2.32. The second kappa shape index (κ2) is 6.80. The highest BCUT2D eigenvalue weighted by atomic mass is 32.1. The van der Waals surface area contributed by atoms with E-state index in [0.717, 1.165) is 5.69 Å². The number of ketones is 1. The van der Waals surface area contributed by atoms with Gasteiger partial charge in [0.15, 0.2) is 10.9 Å². The van der Waals surface area contributed by atoms with Crippen LogP contribution in [0.2, 0.25) is 0 Å². The van der Waals surface area contributed by atoms with Crippen LogP contribution in [0.3, 0.4) is 0 Å². The third-order valence-electron chi connectivity index (χ3n) is 3.44. The molecule has 24 heavy (non-hydrogen) atoms. The lowest BCUT2D eigenvalue weighted by Gasteiger charge is -2.10. The van der Waals surface area contributed by atoms with Gasteiger partial charge in [0.1, 0.15) is 10.6 Å². The third kappa shape index (κ3) is 3.44. The Kier molecular flexibility index (Phi) is 4.57. The summed E-state index contributed by atoms with van der Waals surface area (Å²) < 4.78 is 0. The molecule has 0 unspecified atom stereocenters. The van der Waals surface area contributed by atoms with Crippen molar-refractivity contribution in [3.8, 4) is 0 Å². The summed E-state index contributed by atoms with van der Waals surface area (Å²) >= 11 is 1.34. The Morgan fingerprint density at radius 1 is 1.12 bits per heavy atom. The number of hydrogen-bond acceptors (Lipinski definition) is 6. The standard InChI is InChI=1S/C18H18N4OS/c1-12-7-9-13(10-8-12)20-18-21-17(22(2)3)16(24-18)15(23)14-6-4-5-11-19-14/h4-11H,1-3H3,(H,20,21). The van der Waals surface area contributed by atoms with Gasteiger partial charge in [0.25, 0.3) is 0 Å². The molecule has 0 bridgehead atoms. The second-order valence-electron chi connectivity index (χ2n) is 5.60. The maximum Gasteiger partial charge on any atom is 0.225 e. The van der Waals surface area contributed by atoms with E-state index in [1.54, 1.807) is 18.3 Å². The Balaban J connectivity index is 1.93. The van der Waals surface area contributed by atoms with E-state index >= 15 is 0 Å². The van der Waals surface area contributed by atoms with Crippen LogP contribution in [0.5, 0.6) is 0 Å². The number of carbonyl (C=O) groups is 1. The van der Waals surface area contributed by atoms with Crippen LogP contribution in [0.4, 0.5) is 16.6 Å². The van der Waals surface area contributed by atoms with Gasteiger partial charge in [0.2, 0.25) is 5.78 Å². The van der Waals surface area contributed by atoms with Gasteiger partial charge in [-0.15, -0.1) is 0 Å². The topological polar surface area (TPSA) is 58.1 Å². The number of nitrogens with zero attached hydrogens (tertiary/aromatic N) is 3. The number of aromatic nitrogens is 2. The highest BCUT2D eigenvalue weighted by molar-refractivity contribution is 7.18. The van der Waals surface area contributed by atoms with Gasteiger partial charge in [-0.1, -0.05) is 35.1 Å². The van der Waals surface area contributed by atoms with Crippen molar-refractivity contribution in [3.05, 3.63) is 64.8 Å².